The van der Waals surface area contributed by atoms with Gasteiger partial charge >= 0.3 is 0 Å². The standard InChI is InChI=1S/C14H18N4O2S/c1-17-9-11(8-16-17)10-18(2)21(19,20)13-4-3-12-5-6-15-14(12)7-13/h3-4,7-9,15H,5-6,10H2,1-2H3. The molecular weight excluding hydrogens is 288 g/mol. The van der Waals surface area contributed by atoms with Crippen LogP contribution in [-0.4, -0.2) is 36.1 Å². The Kier molecular flexibility index (Phi) is 3.46. The molecule has 0 saturated carbocycles. The first kappa shape index (κ1) is 14.1. The first-order valence-corrected chi connectivity index (χ1v) is 8.21. The Hall–Kier alpha value is -1.86. The van der Waals surface area contributed by atoms with Crippen LogP contribution in [0.4, 0.5) is 5.69 Å². The van der Waals surface area contributed by atoms with E-state index in [0.29, 0.717) is 11.4 Å². The second-order valence-corrected chi connectivity index (χ2v) is 7.32. The number of aromatic nitrogens is 2. The minimum atomic E-state index is -3.49. The van der Waals surface area contributed by atoms with Crippen LogP contribution in [0.5, 0.6) is 0 Å². The first-order valence-electron chi connectivity index (χ1n) is 6.77. The molecule has 0 radical (unpaired) electrons. The van der Waals surface area contributed by atoms with Gasteiger partial charge in [0.2, 0.25) is 10.0 Å². The SMILES string of the molecule is CN(Cc1cnn(C)c1)S(=O)(=O)c1ccc2c(c1)NCC2. The molecule has 0 amide bonds. The molecule has 3 rings (SSSR count). The summed E-state index contributed by atoms with van der Waals surface area (Å²) in [6.07, 6.45) is 4.44. The van der Waals surface area contributed by atoms with Crippen molar-refractivity contribution in [2.45, 2.75) is 17.9 Å². The van der Waals surface area contributed by atoms with Crippen molar-refractivity contribution in [3.63, 3.8) is 0 Å². The summed E-state index contributed by atoms with van der Waals surface area (Å²) in [5, 5.41) is 7.27. The van der Waals surface area contributed by atoms with Crippen molar-refractivity contribution >= 4 is 15.7 Å². The second-order valence-electron chi connectivity index (χ2n) is 5.28. The lowest BCUT2D eigenvalue weighted by molar-refractivity contribution is 0.466. The van der Waals surface area contributed by atoms with Gasteiger partial charge in [-0.3, -0.25) is 4.68 Å². The van der Waals surface area contributed by atoms with E-state index in [0.717, 1.165) is 24.2 Å². The van der Waals surface area contributed by atoms with Crippen LogP contribution in [0.25, 0.3) is 0 Å². The Morgan fingerprint density at radius 3 is 2.95 bits per heavy atom. The first-order chi connectivity index (χ1) is 9.96. The van der Waals surface area contributed by atoms with Crippen molar-refractivity contribution in [3.8, 4) is 0 Å². The highest BCUT2D eigenvalue weighted by Gasteiger charge is 2.23. The zero-order valence-corrected chi connectivity index (χ0v) is 12.9. The van der Waals surface area contributed by atoms with Gasteiger partial charge in [0.05, 0.1) is 11.1 Å². The Labute approximate surface area is 124 Å². The summed E-state index contributed by atoms with van der Waals surface area (Å²) < 4.78 is 28.2. The monoisotopic (exact) mass is 306 g/mol. The fourth-order valence-electron chi connectivity index (χ4n) is 2.51. The molecule has 0 saturated heterocycles. The fourth-order valence-corrected chi connectivity index (χ4v) is 3.69. The van der Waals surface area contributed by atoms with Gasteiger partial charge in [0.15, 0.2) is 0 Å². The van der Waals surface area contributed by atoms with E-state index < -0.39 is 10.0 Å². The van der Waals surface area contributed by atoms with Gasteiger partial charge in [-0.2, -0.15) is 9.40 Å². The highest BCUT2D eigenvalue weighted by molar-refractivity contribution is 7.89. The van der Waals surface area contributed by atoms with Crippen LogP contribution in [0.3, 0.4) is 0 Å². The molecule has 1 aliphatic heterocycles. The average molecular weight is 306 g/mol. The molecular formula is C14H18N4O2S. The molecule has 2 aromatic rings. The van der Waals surface area contributed by atoms with Gasteiger partial charge in [-0.15, -0.1) is 0 Å². The number of aryl methyl sites for hydroxylation is 1. The lowest BCUT2D eigenvalue weighted by atomic mass is 10.2. The lowest BCUT2D eigenvalue weighted by Gasteiger charge is -2.17. The Bertz CT molecular complexity index is 767. The van der Waals surface area contributed by atoms with E-state index in [4.69, 9.17) is 0 Å². The molecule has 0 atom stereocenters. The number of hydrogen-bond donors (Lipinski definition) is 1. The van der Waals surface area contributed by atoms with Gasteiger partial charge in [-0.05, 0) is 24.1 Å². The van der Waals surface area contributed by atoms with Crippen molar-refractivity contribution < 1.29 is 8.42 Å². The molecule has 1 N–H and O–H groups in total. The summed E-state index contributed by atoms with van der Waals surface area (Å²) in [5.41, 5.74) is 2.96. The summed E-state index contributed by atoms with van der Waals surface area (Å²) in [5.74, 6) is 0. The largest absolute Gasteiger partial charge is 0.384 e. The van der Waals surface area contributed by atoms with Crippen LogP contribution in [0.1, 0.15) is 11.1 Å². The zero-order valence-electron chi connectivity index (χ0n) is 12.1. The van der Waals surface area contributed by atoms with Crippen LogP contribution in [0.2, 0.25) is 0 Å². The van der Waals surface area contributed by atoms with Crippen molar-refractivity contribution in [2.75, 3.05) is 18.9 Å². The van der Waals surface area contributed by atoms with Gasteiger partial charge in [0.25, 0.3) is 0 Å². The van der Waals surface area contributed by atoms with Crippen molar-refractivity contribution in [3.05, 3.63) is 41.7 Å². The lowest BCUT2D eigenvalue weighted by Crippen LogP contribution is -2.26. The van der Waals surface area contributed by atoms with Gasteiger partial charge < -0.3 is 5.32 Å². The molecule has 0 aliphatic carbocycles. The number of anilines is 1. The highest BCUT2D eigenvalue weighted by atomic mass is 32.2. The molecule has 0 spiro atoms. The van der Waals surface area contributed by atoms with E-state index in [2.05, 4.69) is 10.4 Å². The van der Waals surface area contributed by atoms with E-state index in [-0.39, 0.29) is 0 Å². The fraction of sp³-hybridized carbons (Fsp3) is 0.357. The maximum Gasteiger partial charge on any atom is 0.243 e. The van der Waals surface area contributed by atoms with Crippen LogP contribution >= 0.6 is 0 Å². The molecule has 6 nitrogen and oxygen atoms in total. The molecule has 1 aromatic carbocycles. The Balaban J connectivity index is 1.85. The van der Waals surface area contributed by atoms with Crippen LogP contribution in [0.15, 0.2) is 35.5 Å². The number of benzene rings is 1. The predicted molar refractivity (Wildman–Crippen MR) is 80.5 cm³/mol. The third-order valence-corrected chi connectivity index (χ3v) is 5.46. The zero-order chi connectivity index (χ0) is 15.0. The average Bonchev–Trinajstić information content (AvgIpc) is 3.06. The predicted octanol–water partition coefficient (Wildman–Crippen LogP) is 1.21. The summed E-state index contributed by atoms with van der Waals surface area (Å²) in [7, 11) is -0.0972. The summed E-state index contributed by atoms with van der Waals surface area (Å²) >= 11 is 0. The Morgan fingerprint density at radius 1 is 1.43 bits per heavy atom. The van der Waals surface area contributed by atoms with E-state index in [1.807, 2.05) is 19.3 Å². The summed E-state index contributed by atoms with van der Waals surface area (Å²) in [6, 6.07) is 5.29. The van der Waals surface area contributed by atoms with E-state index in [1.165, 1.54) is 9.87 Å². The minimum absolute atomic E-state index is 0.306. The number of rotatable bonds is 4. The number of hydrogen-bond acceptors (Lipinski definition) is 4. The quantitative estimate of drug-likeness (QED) is 0.922. The molecule has 1 aliphatic rings. The third-order valence-electron chi connectivity index (χ3n) is 3.66. The third kappa shape index (κ3) is 2.66. The highest BCUT2D eigenvalue weighted by Crippen LogP contribution is 2.27. The number of sulfonamides is 1. The Morgan fingerprint density at radius 2 is 2.24 bits per heavy atom. The molecule has 21 heavy (non-hydrogen) atoms. The number of nitrogens with one attached hydrogen (secondary N) is 1. The van der Waals surface area contributed by atoms with E-state index >= 15 is 0 Å². The van der Waals surface area contributed by atoms with Crippen LogP contribution in [0, 0.1) is 0 Å². The molecule has 0 unspecified atom stereocenters. The van der Waals surface area contributed by atoms with Gasteiger partial charge in [-0.1, -0.05) is 6.07 Å². The van der Waals surface area contributed by atoms with Crippen LogP contribution < -0.4 is 5.32 Å². The van der Waals surface area contributed by atoms with E-state index in [9.17, 15) is 8.42 Å². The molecule has 7 heteroatoms. The summed E-state index contributed by atoms with van der Waals surface area (Å²) in [6.45, 7) is 1.17. The van der Waals surface area contributed by atoms with Gasteiger partial charge in [-0.25, -0.2) is 8.42 Å². The summed E-state index contributed by atoms with van der Waals surface area (Å²) in [4.78, 5) is 0.321. The van der Waals surface area contributed by atoms with Gasteiger partial charge in [0, 0.05) is 44.6 Å². The topological polar surface area (TPSA) is 67.2 Å². The van der Waals surface area contributed by atoms with Crippen LogP contribution in [-0.2, 0) is 30.0 Å². The van der Waals surface area contributed by atoms with Crippen molar-refractivity contribution in [1.29, 1.82) is 0 Å². The maximum absolute atomic E-state index is 12.6. The van der Waals surface area contributed by atoms with Gasteiger partial charge in [0.1, 0.15) is 0 Å². The smallest absolute Gasteiger partial charge is 0.243 e. The number of fused-ring (bicyclic) bond motifs is 1. The molecule has 112 valence electrons. The molecule has 1 aromatic heterocycles. The number of nitrogens with zero attached hydrogens (tertiary/aromatic N) is 3. The minimum Gasteiger partial charge on any atom is -0.384 e. The van der Waals surface area contributed by atoms with Crippen molar-refractivity contribution in [1.82, 2.24) is 14.1 Å². The van der Waals surface area contributed by atoms with Crippen molar-refractivity contribution in [2.24, 2.45) is 7.05 Å². The van der Waals surface area contributed by atoms with E-state index in [1.54, 1.807) is 30.1 Å². The molecule has 0 bridgehead atoms. The molecule has 0 fully saturated rings. The molecule has 2 heterocycles. The normalized spacial score (nSPS) is 14.2. The maximum atomic E-state index is 12.6. The second kappa shape index (κ2) is 5.16.